The van der Waals surface area contributed by atoms with Crippen molar-refractivity contribution in [2.75, 3.05) is 6.54 Å². The summed E-state index contributed by atoms with van der Waals surface area (Å²) in [6.45, 7) is 0.706. The summed E-state index contributed by atoms with van der Waals surface area (Å²) in [6, 6.07) is 17.4. The lowest BCUT2D eigenvalue weighted by atomic mass is 10.0. The average Bonchev–Trinajstić information content (AvgIpc) is 3.28. The molecule has 2 heterocycles. The Hall–Kier alpha value is -2.79. The number of amides is 1. The molecule has 0 aliphatic carbocycles. The van der Waals surface area contributed by atoms with Crippen molar-refractivity contribution in [2.45, 2.75) is 12.6 Å². The number of rotatable bonds is 7. The number of benzene rings is 1. The van der Waals surface area contributed by atoms with Crippen LogP contribution in [0.5, 0.6) is 0 Å². The third kappa shape index (κ3) is 4.11. The van der Waals surface area contributed by atoms with E-state index < -0.39 is 0 Å². The Morgan fingerprint density at radius 3 is 2.48 bits per heavy atom. The molecule has 118 valence electrons. The first-order chi connectivity index (χ1) is 11.3. The molecule has 3 N–H and O–H groups in total. The van der Waals surface area contributed by atoms with Gasteiger partial charge >= 0.3 is 0 Å². The third-order valence-electron chi connectivity index (χ3n) is 3.59. The van der Waals surface area contributed by atoms with Crippen LogP contribution >= 0.6 is 0 Å². The van der Waals surface area contributed by atoms with Crippen molar-refractivity contribution in [2.24, 2.45) is 0 Å². The summed E-state index contributed by atoms with van der Waals surface area (Å²) in [7, 11) is 0. The smallest absolute Gasteiger partial charge is 0.275 e. The molecule has 1 amide bonds. The molecular weight excluding hydrogens is 292 g/mol. The summed E-state index contributed by atoms with van der Waals surface area (Å²) < 4.78 is 10.7. The molecule has 5 nitrogen and oxygen atoms in total. The molecule has 0 fully saturated rings. The molecule has 0 bridgehead atoms. The highest BCUT2D eigenvalue weighted by molar-refractivity contribution is 5.76. The Bertz CT molecular complexity index is 706. The third-order valence-corrected chi connectivity index (χ3v) is 3.59. The minimum absolute atomic E-state index is 0.0411. The maximum atomic E-state index is 12.0. The van der Waals surface area contributed by atoms with Crippen molar-refractivity contribution >= 4 is 5.91 Å². The van der Waals surface area contributed by atoms with E-state index in [2.05, 4.69) is 5.32 Å². The highest BCUT2D eigenvalue weighted by Crippen LogP contribution is 2.18. The maximum absolute atomic E-state index is 12.0. The Labute approximate surface area is 134 Å². The highest BCUT2D eigenvalue weighted by Gasteiger charge is 2.21. The lowest BCUT2D eigenvalue weighted by Gasteiger charge is -2.13. The normalized spacial score (nSPS) is 12.0. The van der Waals surface area contributed by atoms with Crippen LogP contribution in [0.3, 0.4) is 0 Å². The molecule has 0 aliphatic heterocycles. The summed E-state index contributed by atoms with van der Waals surface area (Å²) in [5.74, 6) is 1.52. The van der Waals surface area contributed by atoms with Gasteiger partial charge in [0.05, 0.1) is 19.1 Å². The van der Waals surface area contributed by atoms with Crippen molar-refractivity contribution < 1.29 is 18.9 Å². The standard InChI is InChI=1S/C18H18N2O3/c21-17(19-12-15-8-4-10-22-15)13-20-18(16-9-5-11-23-16)14-6-2-1-3-7-14/h1-11,18,20H,12-13H2,(H,19,21)/p+1/t18-/m0/s1. The van der Waals surface area contributed by atoms with Gasteiger partial charge in [0, 0.05) is 5.56 Å². The van der Waals surface area contributed by atoms with Gasteiger partial charge in [0.2, 0.25) is 0 Å². The van der Waals surface area contributed by atoms with Crippen molar-refractivity contribution in [1.82, 2.24) is 5.32 Å². The van der Waals surface area contributed by atoms with E-state index in [0.29, 0.717) is 13.1 Å². The average molecular weight is 311 g/mol. The monoisotopic (exact) mass is 311 g/mol. The first-order valence-electron chi connectivity index (χ1n) is 7.53. The second-order valence-electron chi connectivity index (χ2n) is 5.20. The minimum Gasteiger partial charge on any atom is -0.467 e. The van der Waals surface area contributed by atoms with Gasteiger partial charge in [0.1, 0.15) is 5.76 Å². The first kappa shape index (κ1) is 15.1. The van der Waals surface area contributed by atoms with Gasteiger partial charge in [-0.3, -0.25) is 4.79 Å². The van der Waals surface area contributed by atoms with E-state index in [4.69, 9.17) is 8.83 Å². The molecule has 23 heavy (non-hydrogen) atoms. The molecule has 1 atom stereocenters. The molecule has 0 unspecified atom stereocenters. The molecule has 3 aromatic rings. The predicted octanol–water partition coefficient (Wildman–Crippen LogP) is 1.84. The van der Waals surface area contributed by atoms with Gasteiger partial charge in [-0.2, -0.15) is 0 Å². The largest absolute Gasteiger partial charge is 0.467 e. The lowest BCUT2D eigenvalue weighted by molar-refractivity contribution is -0.678. The van der Waals surface area contributed by atoms with Gasteiger partial charge in [0.25, 0.3) is 5.91 Å². The van der Waals surface area contributed by atoms with Gasteiger partial charge < -0.3 is 19.5 Å². The van der Waals surface area contributed by atoms with Crippen LogP contribution in [0, 0.1) is 0 Å². The molecule has 2 aromatic heterocycles. The van der Waals surface area contributed by atoms with Crippen LogP contribution < -0.4 is 10.6 Å². The molecule has 0 spiro atoms. The fraction of sp³-hybridized carbons (Fsp3) is 0.167. The second-order valence-corrected chi connectivity index (χ2v) is 5.20. The topological polar surface area (TPSA) is 72.0 Å². The fourth-order valence-corrected chi connectivity index (χ4v) is 2.44. The Kier molecular flexibility index (Phi) is 4.91. The van der Waals surface area contributed by atoms with Gasteiger partial charge in [-0.15, -0.1) is 0 Å². The second kappa shape index (κ2) is 7.47. The van der Waals surface area contributed by atoms with Crippen molar-refractivity contribution in [3.05, 3.63) is 84.2 Å². The zero-order chi connectivity index (χ0) is 15.9. The number of carbonyl (C=O) groups is 1. The Morgan fingerprint density at radius 2 is 1.78 bits per heavy atom. The van der Waals surface area contributed by atoms with Crippen LogP contribution in [-0.2, 0) is 11.3 Å². The van der Waals surface area contributed by atoms with Crippen LogP contribution in [0.25, 0.3) is 0 Å². The number of furan rings is 2. The van der Waals surface area contributed by atoms with Crippen molar-refractivity contribution in [3.8, 4) is 0 Å². The van der Waals surface area contributed by atoms with Crippen LogP contribution in [-0.4, -0.2) is 12.5 Å². The van der Waals surface area contributed by atoms with Crippen LogP contribution in [0.4, 0.5) is 0 Å². The first-order valence-corrected chi connectivity index (χ1v) is 7.53. The van der Waals surface area contributed by atoms with E-state index >= 15 is 0 Å². The quantitative estimate of drug-likeness (QED) is 0.699. The van der Waals surface area contributed by atoms with Gasteiger partial charge in [0.15, 0.2) is 18.3 Å². The van der Waals surface area contributed by atoms with Gasteiger partial charge in [-0.05, 0) is 24.3 Å². The van der Waals surface area contributed by atoms with E-state index in [-0.39, 0.29) is 11.9 Å². The molecule has 0 aliphatic rings. The van der Waals surface area contributed by atoms with E-state index in [1.165, 1.54) is 0 Å². The van der Waals surface area contributed by atoms with Gasteiger partial charge in [-0.1, -0.05) is 30.3 Å². The SMILES string of the molecule is O=C(C[NH2+][C@@H](c1ccccc1)c1ccco1)NCc1ccco1. The summed E-state index contributed by atoms with van der Waals surface area (Å²) >= 11 is 0. The maximum Gasteiger partial charge on any atom is 0.275 e. The fourth-order valence-electron chi connectivity index (χ4n) is 2.44. The summed E-state index contributed by atoms with van der Waals surface area (Å²) in [6.07, 6.45) is 3.24. The molecular formula is C18H19N2O3+. The molecule has 1 aromatic carbocycles. The van der Waals surface area contributed by atoms with Crippen LogP contribution in [0.1, 0.15) is 23.1 Å². The van der Waals surface area contributed by atoms with Crippen LogP contribution in [0.15, 0.2) is 76.0 Å². The van der Waals surface area contributed by atoms with Gasteiger partial charge in [-0.25, -0.2) is 0 Å². The molecule has 0 saturated carbocycles. The van der Waals surface area contributed by atoms with E-state index in [0.717, 1.165) is 17.1 Å². The van der Waals surface area contributed by atoms with Crippen molar-refractivity contribution in [1.29, 1.82) is 0 Å². The Morgan fingerprint density at radius 1 is 1.00 bits per heavy atom. The number of nitrogens with two attached hydrogens (primary N) is 1. The van der Waals surface area contributed by atoms with E-state index in [1.54, 1.807) is 18.6 Å². The summed E-state index contributed by atoms with van der Waals surface area (Å²) in [4.78, 5) is 12.0. The molecule has 5 heteroatoms. The van der Waals surface area contributed by atoms with E-state index in [1.807, 2.05) is 53.8 Å². The molecule has 0 saturated heterocycles. The molecule has 0 radical (unpaired) electrons. The molecule has 3 rings (SSSR count). The van der Waals surface area contributed by atoms with Crippen molar-refractivity contribution in [3.63, 3.8) is 0 Å². The number of carbonyl (C=O) groups excluding carboxylic acids is 1. The summed E-state index contributed by atoms with van der Waals surface area (Å²) in [5.41, 5.74) is 1.10. The number of quaternary nitrogens is 1. The number of hydrogen-bond acceptors (Lipinski definition) is 3. The zero-order valence-corrected chi connectivity index (χ0v) is 12.6. The zero-order valence-electron chi connectivity index (χ0n) is 12.6. The lowest BCUT2D eigenvalue weighted by Crippen LogP contribution is -2.87. The minimum atomic E-state index is -0.0473. The van der Waals surface area contributed by atoms with Crippen LogP contribution in [0.2, 0.25) is 0 Å². The number of nitrogens with one attached hydrogen (secondary N) is 1. The predicted molar refractivity (Wildman–Crippen MR) is 84.3 cm³/mol. The highest BCUT2D eigenvalue weighted by atomic mass is 16.3. The Balaban J connectivity index is 1.59. The number of hydrogen-bond donors (Lipinski definition) is 2. The van der Waals surface area contributed by atoms with E-state index in [9.17, 15) is 4.79 Å². The summed E-state index contributed by atoms with van der Waals surface area (Å²) in [5, 5.41) is 4.81.